The van der Waals surface area contributed by atoms with Crippen LogP contribution in [-0.4, -0.2) is 37.6 Å². The lowest BCUT2D eigenvalue weighted by molar-refractivity contribution is 0.212. The van der Waals surface area contributed by atoms with Gasteiger partial charge in [0, 0.05) is 12.1 Å². The average molecular weight is 212 g/mol. The molecule has 0 aromatic heterocycles. The standard InChI is InChI=1S/C13H28N2/c1-12(14-2)10-11-15(3)13-8-6-4-5-7-9-13/h12-14H,4-11H2,1-3H3. The largest absolute Gasteiger partial charge is 0.317 e. The van der Waals surface area contributed by atoms with Gasteiger partial charge < -0.3 is 10.2 Å². The Kier molecular flexibility index (Phi) is 6.26. The van der Waals surface area contributed by atoms with Gasteiger partial charge in [-0.2, -0.15) is 0 Å². The monoisotopic (exact) mass is 212 g/mol. The smallest absolute Gasteiger partial charge is 0.00922 e. The lowest BCUT2D eigenvalue weighted by atomic mass is 10.1. The molecule has 1 aliphatic carbocycles. The Labute approximate surface area is 95.4 Å². The second-order valence-corrected chi connectivity index (χ2v) is 5.10. The molecule has 1 saturated carbocycles. The quantitative estimate of drug-likeness (QED) is 0.705. The van der Waals surface area contributed by atoms with E-state index in [1.54, 1.807) is 0 Å². The minimum absolute atomic E-state index is 0.651. The predicted octanol–water partition coefficient (Wildman–Crippen LogP) is 2.64. The SMILES string of the molecule is CNC(C)CCN(C)C1CCCCCC1. The van der Waals surface area contributed by atoms with Crippen molar-refractivity contribution in [1.29, 1.82) is 0 Å². The molecule has 1 fully saturated rings. The number of hydrogen-bond donors (Lipinski definition) is 1. The van der Waals surface area contributed by atoms with Crippen LogP contribution in [0.2, 0.25) is 0 Å². The number of rotatable bonds is 5. The maximum Gasteiger partial charge on any atom is 0.00922 e. The van der Waals surface area contributed by atoms with Crippen molar-refractivity contribution in [2.24, 2.45) is 0 Å². The molecule has 1 aliphatic rings. The molecule has 0 heterocycles. The van der Waals surface area contributed by atoms with Gasteiger partial charge in [-0.1, -0.05) is 25.7 Å². The van der Waals surface area contributed by atoms with E-state index in [-0.39, 0.29) is 0 Å². The van der Waals surface area contributed by atoms with Crippen molar-refractivity contribution in [3.63, 3.8) is 0 Å². The Morgan fingerprint density at radius 1 is 1.20 bits per heavy atom. The van der Waals surface area contributed by atoms with Gasteiger partial charge in [0.1, 0.15) is 0 Å². The zero-order valence-corrected chi connectivity index (χ0v) is 10.8. The summed E-state index contributed by atoms with van der Waals surface area (Å²) in [5.74, 6) is 0. The third-order valence-corrected chi connectivity index (χ3v) is 3.86. The van der Waals surface area contributed by atoms with E-state index in [0.29, 0.717) is 6.04 Å². The van der Waals surface area contributed by atoms with Gasteiger partial charge >= 0.3 is 0 Å². The van der Waals surface area contributed by atoms with Gasteiger partial charge in [0.15, 0.2) is 0 Å². The number of nitrogens with zero attached hydrogens (tertiary/aromatic N) is 1. The van der Waals surface area contributed by atoms with E-state index in [9.17, 15) is 0 Å². The van der Waals surface area contributed by atoms with E-state index >= 15 is 0 Å². The van der Waals surface area contributed by atoms with E-state index in [1.165, 1.54) is 51.5 Å². The van der Waals surface area contributed by atoms with Crippen molar-refractivity contribution in [1.82, 2.24) is 10.2 Å². The molecule has 0 aliphatic heterocycles. The molecule has 1 rings (SSSR count). The summed E-state index contributed by atoms with van der Waals surface area (Å²) < 4.78 is 0. The van der Waals surface area contributed by atoms with Crippen LogP contribution in [-0.2, 0) is 0 Å². The Hall–Kier alpha value is -0.0800. The van der Waals surface area contributed by atoms with E-state index in [0.717, 1.165) is 6.04 Å². The van der Waals surface area contributed by atoms with Crippen LogP contribution in [0.15, 0.2) is 0 Å². The fourth-order valence-electron chi connectivity index (χ4n) is 2.42. The molecule has 0 saturated heterocycles. The first-order valence-corrected chi connectivity index (χ1v) is 6.61. The number of hydrogen-bond acceptors (Lipinski definition) is 2. The van der Waals surface area contributed by atoms with Crippen LogP contribution >= 0.6 is 0 Å². The van der Waals surface area contributed by atoms with E-state index in [1.807, 2.05) is 0 Å². The first-order valence-electron chi connectivity index (χ1n) is 6.61. The van der Waals surface area contributed by atoms with Gasteiger partial charge in [0.25, 0.3) is 0 Å². The van der Waals surface area contributed by atoms with Crippen LogP contribution in [0.5, 0.6) is 0 Å². The van der Waals surface area contributed by atoms with Crippen LogP contribution in [0.25, 0.3) is 0 Å². The normalized spacial score (nSPS) is 21.6. The van der Waals surface area contributed by atoms with Gasteiger partial charge in [-0.05, 0) is 46.8 Å². The van der Waals surface area contributed by atoms with E-state index < -0.39 is 0 Å². The summed E-state index contributed by atoms with van der Waals surface area (Å²) in [7, 11) is 4.36. The van der Waals surface area contributed by atoms with Gasteiger partial charge in [-0.3, -0.25) is 0 Å². The van der Waals surface area contributed by atoms with Crippen LogP contribution in [0.3, 0.4) is 0 Å². The van der Waals surface area contributed by atoms with Crippen molar-refractivity contribution in [3.05, 3.63) is 0 Å². The van der Waals surface area contributed by atoms with Crippen molar-refractivity contribution in [2.75, 3.05) is 20.6 Å². The predicted molar refractivity (Wildman–Crippen MR) is 67.3 cm³/mol. The molecule has 0 aromatic rings. The first kappa shape index (κ1) is 13.0. The fourth-order valence-corrected chi connectivity index (χ4v) is 2.42. The van der Waals surface area contributed by atoms with Crippen LogP contribution in [0.1, 0.15) is 51.9 Å². The third kappa shape index (κ3) is 4.98. The van der Waals surface area contributed by atoms with Crippen molar-refractivity contribution in [2.45, 2.75) is 64.0 Å². The summed E-state index contributed by atoms with van der Waals surface area (Å²) in [5.41, 5.74) is 0. The van der Waals surface area contributed by atoms with Gasteiger partial charge in [-0.15, -0.1) is 0 Å². The molecule has 1 atom stereocenters. The maximum absolute atomic E-state index is 3.31. The Morgan fingerprint density at radius 2 is 1.80 bits per heavy atom. The highest BCUT2D eigenvalue weighted by Crippen LogP contribution is 2.21. The molecule has 90 valence electrons. The summed E-state index contributed by atoms with van der Waals surface area (Å²) in [6.07, 6.45) is 9.90. The summed E-state index contributed by atoms with van der Waals surface area (Å²) in [6, 6.07) is 1.51. The molecule has 0 amide bonds. The van der Waals surface area contributed by atoms with Crippen LogP contribution in [0.4, 0.5) is 0 Å². The first-order chi connectivity index (χ1) is 7.24. The highest BCUT2D eigenvalue weighted by Gasteiger charge is 2.16. The molecule has 0 radical (unpaired) electrons. The van der Waals surface area contributed by atoms with Crippen molar-refractivity contribution < 1.29 is 0 Å². The molecule has 0 aromatic carbocycles. The molecular formula is C13H28N2. The Balaban J connectivity index is 2.22. The van der Waals surface area contributed by atoms with Gasteiger partial charge in [0.2, 0.25) is 0 Å². The number of nitrogens with one attached hydrogen (secondary N) is 1. The Bertz CT molecular complexity index is 151. The minimum Gasteiger partial charge on any atom is -0.317 e. The molecule has 15 heavy (non-hydrogen) atoms. The molecule has 2 heteroatoms. The van der Waals surface area contributed by atoms with Crippen LogP contribution < -0.4 is 5.32 Å². The lowest BCUT2D eigenvalue weighted by Crippen LogP contribution is -2.35. The van der Waals surface area contributed by atoms with Crippen molar-refractivity contribution >= 4 is 0 Å². The van der Waals surface area contributed by atoms with Gasteiger partial charge in [-0.25, -0.2) is 0 Å². The fraction of sp³-hybridized carbons (Fsp3) is 1.00. The highest BCUT2D eigenvalue weighted by molar-refractivity contribution is 4.73. The molecule has 1 unspecified atom stereocenters. The summed E-state index contributed by atoms with van der Waals surface area (Å²) in [5, 5.41) is 3.31. The molecule has 1 N–H and O–H groups in total. The Morgan fingerprint density at radius 3 is 2.33 bits per heavy atom. The molecular weight excluding hydrogens is 184 g/mol. The minimum atomic E-state index is 0.651. The van der Waals surface area contributed by atoms with E-state index in [2.05, 4.69) is 31.2 Å². The maximum atomic E-state index is 3.31. The zero-order chi connectivity index (χ0) is 11.1. The van der Waals surface area contributed by atoms with Crippen LogP contribution in [0, 0.1) is 0 Å². The second-order valence-electron chi connectivity index (χ2n) is 5.10. The second kappa shape index (κ2) is 7.24. The van der Waals surface area contributed by atoms with E-state index in [4.69, 9.17) is 0 Å². The van der Waals surface area contributed by atoms with Gasteiger partial charge in [0.05, 0.1) is 0 Å². The lowest BCUT2D eigenvalue weighted by Gasteiger charge is -2.28. The molecule has 0 spiro atoms. The summed E-state index contributed by atoms with van der Waals surface area (Å²) in [6.45, 7) is 3.51. The zero-order valence-electron chi connectivity index (χ0n) is 10.8. The molecule has 2 nitrogen and oxygen atoms in total. The topological polar surface area (TPSA) is 15.3 Å². The highest BCUT2D eigenvalue weighted by atomic mass is 15.1. The third-order valence-electron chi connectivity index (χ3n) is 3.86. The average Bonchev–Trinajstić information content (AvgIpc) is 2.53. The summed E-state index contributed by atoms with van der Waals surface area (Å²) >= 11 is 0. The summed E-state index contributed by atoms with van der Waals surface area (Å²) in [4.78, 5) is 2.58. The molecule has 0 bridgehead atoms. The van der Waals surface area contributed by atoms with Crippen molar-refractivity contribution in [3.8, 4) is 0 Å².